The third-order valence-electron chi connectivity index (χ3n) is 3.87. The maximum atomic E-state index is 12.2. The fraction of sp³-hybridized carbons (Fsp3) is 0.250. The Labute approximate surface area is 162 Å². The van der Waals surface area contributed by atoms with Gasteiger partial charge in [-0.05, 0) is 29.2 Å². The maximum Gasteiger partial charge on any atom is 0.282 e. The predicted molar refractivity (Wildman–Crippen MR) is 108 cm³/mol. The minimum Gasteiger partial charge on any atom is -0.346 e. The van der Waals surface area contributed by atoms with E-state index in [2.05, 4.69) is 53.6 Å². The van der Waals surface area contributed by atoms with Gasteiger partial charge in [0.15, 0.2) is 0 Å². The highest BCUT2D eigenvalue weighted by molar-refractivity contribution is 7.98. The average molecular weight is 384 g/mol. The zero-order valence-electron chi connectivity index (χ0n) is 14.8. The first-order valence-electron chi connectivity index (χ1n) is 8.49. The van der Waals surface area contributed by atoms with Crippen LogP contribution in [0.4, 0.5) is 0 Å². The summed E-state index contributed by atoms with van der Waals surface area (Å²) in [6, 6.07) is 18.4. The first-order valence-corrected chi connectivity index (χ1v) is 10.3. The number of carbonyl (C=O) groups excluding carboxylic acids is 1. The molecule has 2 aromatic carbocycles. The van der Waals surface area contributed by atoms with Crippen molar-refractivity contribution >= 4 is 29.0 Å². The fourth-order valence-corrected chi connectivity index (χ4v) is 3.99. The van der Waals surface area contributed by atoms with Gasteiger partial charge in [-0.2, -0.15) is 0 Å². The van der Waals surface area contributed by atoms with Crippen molar-refractivity contribution in [1.82, 2.24) is 15.5 Å². The lowest BCUT2D eigenvalue weighted by atomic mass is 10.0. The van der Waals surface area contributed by atoms with Crippen molar-refractivity contribution in [1.29, 1.82) is 0 Å². The van der Waals surface area contributed by atoms with Gasteiger partial charge in [-0.25, -0.2) is 0 Å². The molecule has 0 saturated carbocycles. The normalized spacial score (nSPS) is 10.9. The van der Waals surface area contributed by atoms with Crippen LogP contribution in [0.1, 0.15) is 45.7 Å². The molecule has 26 heavy (non-hydrogen) atoms. The molecule has 3 aromatic rings. The Morgan fingerprint density at radius 3 is 2.50 bits per heavy atom. The summed E-state index contributed by atoms with van der Waals surface area (Å²) < 4.78 is 0. The number of rotatable bonds is 7. The highest BCUT2D eigenvalue weighted by atomic mass is 32.2. The van der Waals surface area contributed by atoms with Crippen molar-refractivity contribution < 1.29 is 4.79 Å². The van der Waals surface area contributed by atoms with E-state index in [0.29, 0.717) is 23.2 Å². The summed E-state index contributed by atoms with van der Waals surface area (Å²) in [5.41, 5.74) is 2.40. The number of hydrogen-bond donors (Lipinski definition) is 1. The largest absolute Gasteiger partial charge is 0.346 e. The molecule has 0 unspecified atom stereocenters. The topological polar surface area (TPSA) is 54.9 Å². The highest BCUT2D eigenvalue weighted by Crippen LogP contribution is 2.26. The number of hydrogen-bond acceptors (Lipinski definition) is 5. The van der Waals surface area contributed by atoms with Crippen LogP contribution in [-0.2, 0) is 12.3 Å². The molecule has 6 heteroatoms. The minimum atomic E-state index is -0.177. The lowest BCUT2D eigenvalue weighted by Crippen LogP contribution is -2.22. The second-order valence-electron chi connectivity index (χ2n) is 6.18. The lowest BCUT2D eigenvalue weighted by Gasteiger charge is -2.05. The molecular formula is C20H21N3OS2. The molecule has 1 N–H and O–H groups in total. The number of benzene rings is 2. The summed E-state index contributed by atoms with van der Waals surface area (Å²) >= 11 is 3.05. The number of nitrogens with one attached hydrogen (secondary N) is 1. The van der Waals surface area contributed by atoms with Gasteiger partial charge in [0.25, 0.3) is 5.91 Å². The van der Waals surface area contributed by atoms with Crippen LogP contribution >= 0.6 is 23.1 Å². The monoisotopic (exact) mass is 383 g/mol. The highest BCUT2D eigenvalue weighted by Gasteiger charge is 2.12. The van der Waals surface area contributed by atoms with Crippen molar-refractivity contribution in [2.24, 2.45) is 0 Å². The van der Waals surface area contributed by atoms with Crippen LogP contribution in [0.5, 0.6) is 0 Å². The van der Waals surface area contributed by atoms with Crippen molar-refractivity contribution in [2.45, 2.75) is 37.0 Å². The molecule has 0 bridgehead atoms. The number of aromatic nitrogens is 2. The van der Waals surface area contributed by atoms with Crippen molar-refractivity contribution in [2.75, 3.05) is 0 Å². The van der Waals surface area contributed by atoms with Crippen LogP contribution in [0, 0.1) is 0 Å². The molecule has 0 fully saturated rings. The summed E-state index contributed by atoms with van der Waals surface area (Å²) in [5.74, 6) is 1.07. The molecule has 1 amide bonds. The van der Waals surface area contributed by atoms with Gasteiger partial charge in [0.1, 0.15) is 5.01 Å². The van der Waals surface area contributed by atoms with Crippen LogP contribution in [0.25, 0.3) is 0 Å². The Morgan fingerprint density at radius 2 is 1.81 bits per heavy atom. The van der Waals surface area contributed by atoms with E-state index in [1.54, 1.807) is 11.8 Å². The van der Waals surface area contributed by atoms with Crippen LogP contribution in [0.15, 0.2) is 59.5 Å². The van der Waals surface area contributed by atoms with E-state index in [-0.39, 0.29) is 5.91 Å². The van der Waals surface area contributed by atoms with E-state index >= 15 is 0 Å². The van der Waals surface area contributed by atoms with E-state index in [4.69, 9.17) is 0 Å². The van der Waals surface area contributed by atoms with E-state index in [1.165, 1.54) is 21.8 Å². The molecule has 0 saturated heterocycles. The van der Waals surface area contributed by atoms with Gasteiger partial charge >= 0.3 is 0 Å². The Bertz CT molecular complexity index is 845. The van der Waals surface area contributed by atoms with Crippen LogP contribution < -0.4 is 5.32 Å². The zero-order valence-corrected chi connectivity index (χ0v) is 16.4. The van der Waals surface area contributed by atoms with Gasteiger partial charge in [0, 0.05) is 11.4 Å². The summed E-state index contributed by atoms with van der Waals surface area (Å²) in [6.45, 7) is 4.87. The molecular weight excluding hydrogens is 362 g/mol. The molecule has 0 aliphatic carbocycles. The fourth-order valence-electron chi connectivity index (χ4n) is 2.35. The van der Waals surface area contributed by atoms with Gasteiger partial charge in [-0.15, -0.1) is 22.0 Å². The van der Waals surface area contributed by atoms with E-state index in [0.717, 1.165) is 10.6 Å². The molecule has 1 aromatic heterocycles. The molecule has 0 aliphatic heterocycles. The number of thioether (sulfide) groups is 1. The standard InChI is InChI=1S/C20H21N3OS2/c1-14(2)16-8-10-17(11-9-16)25-13-18-22-23-20(26-18)19(24)21-12-15-6-4-3-5-7-15/h3-11,14H,12-13H2,1-2H3,(H,21,24). The maximum absolute atomic E-state index is 12.2. The summed E-state index contributed by atoms with van der Waals surface area (Å²) in [5, 5.41) is 12.3. The molecule has 0 spiro atoms. The average Bonchev–Trinajstić information content (AvgIpc) is 3.15. The molecule has 134 valence electrons. The van der Waals surface area contributed by atoms with Crippen molar-refractivity contribution in [3.05, 3.63) is 75.7 Å². The Morgan fingerprint density at radius 1 is 1.08 bits per heavy atom. The summed E-state index contributed by atoms with van der Waals surface area (Å²) in [6.07, 6.45) is 0. The number of nitrogens with zero attached hydrogens (tertiary/aromatic N) is 2. The Balaban J connectivity index is 1.51. The van der Waals surface area contributed by atoms with Crippen LogP contribution in [0.2, 0.25) is 0 Å². The number of carbonyl (C=O) groups is 1. The Hall–Kier alpha value is -2.18. The first kappa shape index (κ1) is 18.6. The molecule has 1 heterocycles. The number of amides is 1. The van der Waals surface area contributed by atoms with Gasteiger partial charge in [0.05, 0.1) is 5.75 Å². The molecule has 4 nitrogen and oxygen atoms in total. The summed E-state index contributed by atoms with van der Waals surface area (Å²) in [7, 11) is 0. The Kier molecular flexibility index (Phi) is 6.41. The zero-order chi connectivity index (χ0) is 18.4. The molecule has 0 atom stereocenters. The molecule has 0 radical (unpaired) electrons. The van der Waals surface area contributed by atoms with Gasteiger partial charge in [-0.1, -0.05) is 67.6 Å². The first-order chi connectivity index (χ1) is 12.6. The lowest BCUT2D eigenvalue weighted by molar-refractivity contribution is 0.0950. The third kappa shape index (κ3) is 5.16. The van der Waals surface area contributed by atoms with E-state index < -0.39 is 0 Å². The van der Waals surface area contributed by atoms with Gasteiger partial charge in [-0.3, -0.25) is 4.79 Å². The van der Waals surface area contributed by atoms with Crippen LogP contribution in [-0.4, -0.2) is 16.1 Å². The van der Waals surface area contributed by atoms with Crippen molar-refractivity contribution in [3.63, 3.8) is 0 Å². The smallest absolute Gasteiger partial charge is 0.282 e. The van der Waals surface area contributed by atoms with Crippen LogP contribution in [0.3, 0.4) is 0 Å². The minimum absolute atomic E-state index is 0.177. The summed E-state index contributed by atoms with van der Waals surface area (Å²) in [4.78, 5) is 13.4. The quantitative estimate of drug-likeness (QED) is 0.591. The predicted octanol–water partition coefficient (Wildman–Crippen LogP) is 4.88. The SMILES string of the molecule is CC(C)c1ccc(SCc2nnc(C(=O)NCc3ccccc3)s2)cc1. The second kappa shape index (κ2) is 8.96. The molecule has 0 aliphatic rings. The third-order valence-corrected chi connectivity index (χ3v) is 5.99. The second-order valence-corrected chi connectivity index (χ2v) is 8.29. The van der Waals surface area contributed by atoms with Gasteiger partial charge in [0.2, 0.25) is 5.01 Å². The van der Waals surface area contributed by atoms with Gasteiger partial charge < -0.3 is 5.32 Å². The molecule has 3 rings (SSSR count). The van der Waals surface area contributed by atoms with E-state index in [1.807, 2.05) is 30.3 Å². The van der Waals surface area contributed by atoms with Crippen molar-refractivity contribution in [3.8, 4) is 0 Å². The van der Waals surface area contributed by atoms with E-state index in [9.17, 15) is 4.79 Å².